The number of sulfonamides is 1. The number of carbonyl (C=O) groups excluding carboxylic acids is 1. The summed E-state index contributed by atoms with van der Waals surface area (Å²) in [7, 11) is -3.55. The Hall–Kier alpha value is -1.70. The van der Waals surface area contributed by atoms with Gasteiger partial charge in [-0.1, -0.05) is 42.8 Å². The van der Waals surface area contributed by atoms with Gasteiger partial charge >= 0.3 is 0 Å². The molecule has 0 aliphatic carbocycles. The summed E-state index contributed by atoms with van der Waals surface area (Å²) < 4.78 is 25.4. The van der Waals surface area contributed by atoms with Gasteiger partial charge in [0.15, 0.2) is 0 Å². The van der Waals surface area contributed by atoms with E-state index in [0.29, 0.717) is 12.2 Å². The Bertz CT molecular complexity index is 902. The van der Waals surface area contributed by atoms with E-state index >= 15 is 0 Å². The van der Waals surface area contributed by atoms with Crippen LogP contribution >= 0.6 is 23.4 Å². The number of halogens is 1. The summed E-state index contributed by atoms with van der Waals surface area (Å²) >= 11 is 7.74. The maximum atomic E-state index is 12.2. The second kappa shape index (κ2) is 11.5. The summed E-state index contributed by atoms with van der Waals surface area (Å²) in [6.07, 6.45) is 2.79. The molecule has 1 amide bonds. The predicted molar refractivity (Wildman–Crippen MR) is 123 cm³/mol. The molecule has 1 N–H and O–H groups in total. The minimum Gasteiger partial charge on any atom is -0.354 e. The van der Waals surface area contributed by atoms with Crippen LogP contribution in [0.3, 0.4) is 0 Å². The largest absolute Gasteiger partial charge is 0.354 e. The first-order valence-electron chi connectivity index (χ1n) is 9.45. The van der Waals surface area contributed by atoms with Gasteiger partial charge in [-0.05, 0) is 54.0 Å². The van der Waals surface area contributed by atoms with Gasteiger partial charge in [0.05, 0.1) is 11.9 Å². The number of hydrogen-bond acceptors (Lipinski definition) is 4. The van der Waals surface area contributed by atoms with Gasteiger partial charge in [0.1, 0.15) is 6.54 Å². The van der Waals surface area contributed by atoms with Crippen molar-refractivity contribution in [2.45, 2.75) is 25.5 Å². The van der Waals surface area contributed by atoms with Crippen LogP contribution in [0.1, 0.15) is 24.5 Å². The third kappa shape index (κ3) is 8.28. The number of nitrogens with zero attached hydrogens (tertiary/aromatic N) is 1. The summed E-state index contributed by atoms with van der Waals surface area (Å²) in [4.78, 5) is 12.2. The second-order valence-corrected chi connectivity index (χ2v) is 10.1. The lowest BCUT2D eigenvalue weighted by atomic mass is 10.1. The molecule has 5 nitrogen and oxygen atoms in total. The van der Waals surface area contributed by atoms with Crippen molar-refractivity contribution < 1.29 is 13.2 Å². The van der Waals surface area contributed by atoms with Crippen LogP contribution in [-0.4, -0.2) is 39.4 Å². The van der Waals surface area contributed by atoms with E-state index in [1.54, 1.807) is 23.9 Å². The molecular weight excluding hydrogens is 428 g/mol. The van der Waals surface area contributed by atoms with Crippen molar-refractivity contribution in [2.75, 3.05) is 29.4 Å². The Morgan fingerprint density at radius 1 is 1.14 bits per heavy atom. The first-order chi connectivity index (χ1) is 13.8. The number of amides is 1. The normalized spacial score (nSPS) is 11.3. The highest BCUT2D eigenvalue weighted by atomic mass is 35.5. The lowest BCUT2D eigenvalue weighted by molar-refractivity contribution is -0.119. The lowest BCUT2D eigenvalue weighted by Crippen LogP contribution is -2.40. The lowest BCUT2D eigenvalue weighted by Gasteiger charge is -2.22. The van der Waals surface area contributed by atoms with Gasteiger partial charge in [-0.3, -0.25) is 9.10 Å². The average molecular weight is 455 g/mol. The Kier molecular flexibility index (Phi) is 9.33. The molecule has 0 spiro atoms. The van der Waals surface area contributed by atoms with Crippen LogP contribution < -0.4 is 9.62 Å². The summed E-state index contributed by atoms with van der Waals surface area (Å²) in [5.41, 5.74) is 2.78. The van der Waals surface area contributed by atoms with E-state index in [1.807, 2.05) is 43.3 Å². The molecule has 0 atom stereocenters. The molecule has 0 aliphatic rings. The van der Waals surface area contributed by atoms with Crippen LogP contribution in [0.15, 0.2) is 48.5 Å². The number of hydrogen-bond donors (Lipinski definition) is 1. The molecule has 8 heteroatoms. The number of carbonyl (C=O) groups is 1. The van der Waals surface area contributed by atoms with Crippen molar-refractivity contribution in [3.05, 3.63) is 64.7 Å². The molecule has 0 bridgehead atoms. The molecule has 0 aliphatic heterocycles. The molecule has 2 aromatic rings. The maximum absolute atomic E-state index is 12.2. The predicted octanol–water partition coefficient (Wildman–Crippen LogP) is 4.11. The van der Waals surface area contributed by atoms with Crippen LogP contribution in [0.2, 0.25) is 5.02 Å². The number of nitrogens with one attached hydrogen (secondary N) is 1. The summed E-state index contributed by atoms with van der Waals surface area (Å²) in [6, 6.07) is 15.0. The van der Waals surface area contributed by atoms with Crippen molar-refractivity contribution in [2.24, 2.45) is 0 Å². The fraction of sp³-hybridized carbons (Fsp3) is 0.381. The zero-order valence-electron chi connectivity index (χ0n) is 16.7. The van der Waals surface area contributed by atoms with E-state index in [9.17, 15) is 13.2 Å². The van der Waals surface area contributed by atoms with E-state index < -0.39 is 10.0 Å². The summed E-state index contributed by atoms with van der Waals surface area (Å²) in [5, 5.41) is 3.54. The molecule has 0 heterocycles. The van der Waals surface area contributed by atoms with Crippen molar-refractivity contribution in [3.8, 4) is 0 Å². The zero-order valence-corrected chi connectivity index (χ0v) is 19.1. The molecular formula is C21H27ClN2O3S2. The average Bonchev–Trinajstić information content (AvgIpc) is 2.68. The Morgan fingerprint density at radius 2 is 1.86 bits per heavy atom. The van der Waals surface area contributed by atoms with E-state index in [2.05, 4.69) is 5.32 Å². The standard InChI is InChI=1S/C21H27ClN2O3S2/c1-3-17-8-10-20(11-9-17)24(29(2,26)27)15-21(25)23-12-5-13-28-16-18-6-4-7-19(22)14-18/h4,6-11,14H,3,5,12-13,15-16H2,1-2H3,(H,23,25). The van der Waals surface area contributed by atoms with Gasteiger partial charge in [0.2, 0.25) is 15.9 Å². The molecule has 29 heavy (non-hydrogen) atoms. The van der Waals surface area contributed by atoms with Gasteiger partial charge in [0, 0.05) is 17.3 Å². The fourth-order valence-corrected chi connectivity index (χ4v) is 4.68. The third-order valence-electron chi connectivity index (χ3n) is 4.27. The first-order valence-corrected chi connectivity index (χ1v) is 12.8. The SMILES string of the molecule is CCc1ccc(N(CC(=O)NCCCSCc2cccc(Cl)c2)S(C)(=O)=O)cc1. The first kappa shape index (κ1) is 23.6. The quantitative estimate of drug-likeness (QED) is 0.519. The van der Waals surface area contributed by atoms with Gasteiger partial charge in [-0.2, -0.15) is 11.8 Å². The summed E-state index contributed by atoms with van der Waals surface area (Å²) in [6.45, 7) is 2.32. The Morgan fingerprint density at radius 3 is 2.48 bits per heavy atom. The van der Waals surface area contributed by atoms with E-state index in [4.69, 9.17) is 11.6 Å². The Balaban J connectivity index is 1.76. The van der Waals surface area contributed by atoms with Crippen LogP contribution in [0.25, 0.3) is 0 Å². The number of thioether (sulfide) groups is 1. The van der Waals surface area contributed by atoms with Gasteiger partial charge in [0.25, 0.3) is 0 Å². The topological polar surface area (TPSA) is 66.5 Å². The van der Waals surface area contributed by atoms with Crippen LogP contribution in [-0.2, 0) is 27.0 Å². The molecule has 158 valence electrons. The molecule has 0 unspecified atom stereocenters. The van der Waals surface area contributed by atoms with Crippen LogP contribution in [0.5, 0.6) is 0 Å². The highest BCUT2D eigenvalue weighted by Crippen LogP contribution is 2.19. The van der Waals surface area contributed by atoms with E-state index in [0.717, 1.165) is 45.5 Å². The van der Waals surface area contributed by atoms with Crippen LogP contribution in [0, 0.1) is 0 Å². The van der Waals surface area contributed by atoms with Crippen molar-refractivity contribution in [3.63, 3.8) is 0 Å². The fourth-order valence-electron chi connectivity index (χ4n) is 2.70. The van der Waals surface area contributed by atoms with E-state index in [1.165, 1.54) is 5.56 Å². The highest BCUT2D eigenvalue weighted by molar-refractivity contribution is 7.98. The van der Waals surface area contributed by atoms with Gasteiger partial charge < -0.3 is 5.32 Å². The smallest absolute Gasteiger partial charge is 0.240 e. The molecule has 0 radical (unpaired) electrons. The Labute approximate surface area is 182 Å². The molecule has 0 saturated carbocycles. The molecule has 0 saturated heterocycles. The maximum Gasteiger partial charge on any atom is 0.240 e. The number of aryl methyl sites for hydroxylation is 1. The molecule has 0 aromatic heterocycles. The summed E-state index contributed by atoms with van der Waals surface area (Å²) in [5.74, 6) is 1.44. The zero-order chi connectivity index (χ0) is 21.3. The second-order valence-electron chi connectivity index (χ2n) is 6.68. The molecule has 2 rings (SSSR count). The molecule has 2 aromatic carbocycles. The highest BCUT2D eigenvalue weighted by Gasteiger charge is 2.20. The van der Waals surface area contributed by atoms with Crippen LogP contribution in [0.4, 0.5) is 5.69 Å². The third-order valence-corrected chi connectivity index (χ3v) is 6.76. The molecule has 0 fully saturated rings. The minimum atomic E-state index is -3.55. The van der Waals surface area contributed by atoms with Crippen molar-refractivity contribution in [1.29, 1.82) is 0 Å². The van der Waals surface area contributed by atoms with Gasteiger partial charge in [-0.15, -0.1) is 0 Å². The van der Waals surface area contributed by atoms with Crippen molar-refractivity contribution in [1.82, 2.24) is 5.32 Å². The van der Waals surface area contributed by atoms with Crippen molar-refractivity contribution >= 4 is 45.0 Å². The van der Waals surface area contributed by atoms with Gasteiger partial charge in [-0.25, -0.2) is 8.42 Å². The number of benzene rings is 2. The minimum absolute atomic E-state index is 0.222. The monoisotopic (exact) mass is 454 g/mol. The van der Waals surface area contributed by atoms with E-state index in [-0.39, 0.29) is 12.5 Å². The number of rotatable bonds is 11. The number of anilines is 1.